The van der Waals surface area contributed by atoms with E-state index in [1.807, 2.05) is 5.48 Å². The molecule has 2 aliphatic rings. The van der Waals surface area contributed by atoms with Crippen molar-refractivity contribution in [2.24, 2.45) is 17.8 Å². The first-order valence-electron chi connectivity index (χ1n) is 20.0. The Morgan fingerprint density at radius 1 is 0.644 bits per heavy atom. The van der Waals surface area contributed by atoms with Gasteiger partial charge in [-0.3, -0.25) is 43.2 Å². The molecule has 0 aromatic heterocycles. The number of carbonyl (C=O) groups excluding carboxylic acids is 6. The van der Waals surface area contributed by atoms with Crippen molar-refractivity contribution in [1.29, 1.82) is 0 Å². The van der Waals surface area contributed by atoms with Crippen LogP contribution in [0.25, 0.3) is 0 Å². The molecule has 6 atom stereocenters. The van der Waals surface area contributed by atoms with Gasteiger partial charge in [-0.25, -0.2) is 4.79 Å². The van der Waals surface area contributed by atoms with Crippen LogP contribution in [0.2, 0.25) is 0 Å². The van der Waals surface area contributed by atoms with Crippen LogP contribution < -0.4 is 32.1 Å². The van der Waals surface area contributed by atoms with Gasteiger partial charge in [0.25, 0.3) is 0 Å². The molecule has 0 heterocycles. The van der Waals surface area contributed by atoms with Crippen molar-refractivity contribution in [3.05, 3.63) is 0 Å². The second kappa shape index (κ2) is 23.9. The molecule has 1 unspecified atom stereocenters. The fraction of sp³-hybridized carbons (Fsp3) is 0.737. The molecule has 2 saturated carbocycles. The Hall–Kier alpha value is -5.34. The third-order valence-corrected chi connectivity index (χ3v) is 10.4. The Kier molecular flexibility index (Phi) is 20.2. The molecule has 2 fully saturated rings. The summed E-state index contributed by atoms with van der Waals surface area (Å²) in [5.41, 5.74) is 0.544. The fourth-order valence-electron chi connectivity index (χ4n) is 6.59. The van der Waals surface area contributed by atoms with Crippen LogP contribution in [-0.2, 0) is 52.8 Å². The van der Waals surface area contributed by atoms with Gasteiger partial charge < -0.3 is 51.8 Å². The number of amides is 5. The van der Waals surface area contributed by atoms with Gasteiger partial charge in [0.1, 0.15) is 35.7 Å². The number of aliphatic carboxylic acids is 4. The summed E-state index contributed by atoms with van der Waals surface area (Å²) in [5, 5.41) is 49.9. The molecule has 0 radical (unpaired) electrons. The minimum atomic E-state index is -1.81. The molecule has 0 aromatic rings. The van der Waals surface area contributed by atoms with E-state index in [2.05, 4.69) is 31.4 Å². The Morgan fingerprint density at radius 3 is 1.73 bits per heavy atom. The van der Waals surface area contributed by atoms with E-state index in [1.165, 1.54) is 0 Å². The Morgan fingerprint density at radius 2 is 1.20 bits per heavy atom. The standard InChI is InChI=1S/C38H60N6O15/c1-5-21(4)31(36(56)41-25(18-22-9-7-6-8-10-22)35(55)43-38(15-16-38)37(57)58)42-33(53)24(17-20(2)3)40-32(52)23(11-12-27(45)46)39-34(54)26(19-29(49)50)44-59-30(51)14-13-28(47)48/h20-26,31,44H,5-19H2,1-4H3,(H,39,54)(H,40,52)(H,41,56)(H,42,53)(H,43,55)(H,45,46)(H,47,48)(H,49,50)(H,57,58)/t21?,23-,24+,25+,26+,31+/m1/s1. The third-order valence-electron chi connectivity index (χ3n) is 10.4. The minimum absolute atomic E-state index is 0.00544. The highest BCUT2D eigenvalue weighted by atomic mass is 16.7. The van der Waals surface area contributed by atoms with E-state index in [-0.39, 0.29) is 37.5 Å². The highest BCUT2D eigenvalue weighted by molar-refractivity contribution is 5.97. The number of hydrogen-bond donors (Lipinski definition) is 10. The second-order valence-corrected chi connectivity index (χ2v) is 15.9. The predicted octanol–water partition coefficient (Wildman–Crippen LogP) is 0.342. The SMILES string of the molecule is CCC(C)[C@H](NC(=O)[C@H](CC(C)C)NC(=O)[C@@H](CCC(=O)O)NC(=O)[C@H](CC(=O)O)NOC(=O)CCC(=O)O)C(=O)N[C@@H](CC1CCCCC1)C(=O)NC1(C(=O)O)CC1. The summed E-state index contributed by atoms with van der Waals surface area (Å²) in [4.78, 5) is 130. The second-order valence-electron chi connectivity index (χ2n) is 15.9. The molecular weight excluding hydrogens is 780 g/mol. The quantitative estimate of drug-likeness (QED) is 0.0499. The average molecular weight is 841 g/mol. The van der Waals surface area contributed by atoms with E-state index in [1.54, 1.807) is 27.7 Å². The topological polar surface area (TPSA) is 333 Å². The molecule has 0 bridgehead atoms. The number of carboxylic acid groups (broad SMARTS) is 4. The van der Waals surface area contributed by atoms with Gasteiger partial charge in [0.15, 0.2) is 0 Å². The van der Waals surface area contributed by atoms with Crippen molar-refractivity contribution in [1.82, 2.24) is 32.1 Å². The van der Waals surface area contributed by atoms with E-state index in [0.717, 1.165) is 32.1 Å². The van der Waals surface area contributed by atoms with E-state index in [9.17, 15) is 63.3 Å². The molecule has 59 heavy (non-hydrogen) atoms. The summed E-state index contributed by atoms with van der Waals surface area (Å²) >= 11 is 0. The highest BCUT2D eigenvalue weighted by Crippen LogP contribution is 2.36. The van der Waals surface area contributed by atoms with Crippen LogP contribution in [-0.4, -0.2) is 116 Å². The van der Waals surface area contributed by atoms with Gasteiger partial charge in [-0.05, 0) is 49.9 Å². The van der Waals surface area contributed by atoms with Crippen molar-refractivity contribution >= 4 is 59.4 Å². The van der Waals surface area contributed by atoms with Gasteiger partial charge in [0, 0.05) is 6.42 Å². The smallest absolute Gasteiger partial charge is 0.329 e. The molecule has 5 amide bonds. The van der Waals surface area contributed by atoms with E-state index < -0.39 is 133 Å². The van der Waals surface area contributed by atoms with Gasteiger partial charge >= 0.3 is 29.8 Å². The summed E-state index contributed by atoms with van der Waals surface area (Å²) < 4.78 is 0. The summed E-state index contributed by atoms with van der Waals surface area (Å²) in [6.45, 7) is 6.96. The van der Waals surface area contributed by atoms with Gasteiger partial charge in [0.2, 0.25) is 29.5 Å². The molecule has 21 nitrogen and oxygen atoms in total. The average Bonchev–Trinajstić information content (AvgIpc) is 3.95. The zero-order valence-electron chi connectivity index (χ0n) is 34.0. The Balaban J connectivity index is 2.30. The van der Waals surface area contributed by atoms with Crippen molar-refractivity contribution in [3.63, 3.8) is 0 Å². The first-order valence-corrected chi connectivity index (χ1v) is 20.0. The largest absolute Gasteiger partial charge is 0.481 e. The summed E-state index contributed by atoms with van der Waals surface area (Å²) in [7, 11) is 0. The third kappa shape index (κ3) is 17.6. The number of hydrogen-bond acceptors (Lipinski definition) is 12. The molecule has 10 N–H and O–H groups in total. The maximum absolute atomic E-state index is 14.0. The normalized spacial score (nSPS) is 17.7. The van der Waals surface area contributed by atoms with E-state index >= 15 is 0 Å². The number of carbonyl (C=O) groups is 10. The van der Waals surface area contributed by atoms with Crippen molar-refractivity contribution in [2.75, 3.05) is 0 Å². The monoisotopic (exact) mass is 840 g/mol. The summed E-state index contributed by atoms with van der Waals surface area (Å²) in [5.74, 6) is -11.5. The first kappa shape index (κ1) is 49.8. The Labute approximate surface area is 341 Å². The number of carboxylic acids is 4. The van der Waals surface area contributed by atoms with Crippen LogP contribution in [0.5, 0.6) is 0 Å². The summed E-state index contributed by atoms with van der Waals surface area (Å²) in [6.07, 6.45) is 2.39. The number of rotatable bonds is 27. The number of hydroxylamine groups is 1. The van der Waals surface area contributed by atoms with E-state index in [0.29, 0.717) is 6.42 Å². The lowest BCUT2D eigenvalue weighted by molar-refractivity contribution is -0.159. The zero-order valence-corrected chi connectivity index (χ0v) is 34.0. The van der Waals surface area contributed by atoms with Crippen molar-refractivity contribution < 1.29 is 73.2 Å². The predicted molar refractivity (Wildman–Crippen MR) is 205 cm³/mol. The van der Waals surface area contributed by atoms with Gasteiger partial charge in [-0.2, -0.15) is 0 Å². The van der Waals surface area contributed by atoms with Crippen LogP contribution in [0.4, 0.5) is 0 Å². The molecule has 0 spiro atoms. The molecule has 332 valence electrons. The van der Waals surface area contributed by atoms with Crippen LogP contribution in [0.15, 0.2) is 0 Å². The molecule has 0 aromatic carbocycles. The molecular formula is C38H60N6O15. The van der Waals surface area contributed by atoms with Crippen LogP contribution in [0.3, 0.4) is 0 Å². The summed E-state index contributed by atoms with van der Waals surface area (Å²) in [6, 6.07) is -7.13. The number of nitrogens with one attached hydrogen (secondary N) is 6. The van der Waals surface area contributed by atoms with Gasteiger partial charge in [-0.15, -0.1) is 5.48 Å². The molecule has 2 rings (SSSR count). The van der Waals surface area contributed by atoms with Crippen LogP contribution >= 0.6 is 0 Å². The first-order chi connectivity index (χ1) is 27.7. The van der Waals surface area contributed by atoms with E-state index in [4.69, 9.17) is 5.11 Å². The van der Waals surface area contributed by atoms with Crippen molar-refractivity contribution in [3.8, 4) is 0 Å². The lowest BCUT2D eigenvalue weighted by Crippen LogP contribution is -2.61. The Bertz CT molecular complexity index is 1540. The highest BCUT2D eigenvalue weighted by Gasteiger charge is 2.52. The lowest BCUT2D eigenvalue weighted by atomic mass is 9.84. The van der Waals surface area contributed by atoms with Gasteiger partial charge in [0.05, 0.1) is 19.3 Å². The molecule has 0 saturated heterocycles. The lowest BCUT2D eigenvalue weighted by Gasteiger charge is -2.31. The molecule has 21 heteroatoms. The van der Waals surface area contributed by atoms with Crippen molar-refractivity contribution in [2.45, 2.75) is 160 Å². The van der Waals surface area contributed by atoms with Gasteiger partial charge in [-0.1, -0.05) is 66.2 Å². The van der Waals surface area contributed by atoms with Crippen LogP contribution in [0.1, 0.15) is 124 Å². The zero-order chi connectivity index (χ0) is 44.4. The molecule has 2 aliphatic carbocycles. The maximum Gasteiger partial charge on any atom is 0.329 e. The fourth-order valence-corrected chi connectivity index (χ4v) is 6.59. The minimum Gasteiger partial charge on any atom is -0.481 e. The molecule has 0 aliphatic heterocycles. The van der Waals surface area contributed by atoms with Crippen LogP contribution in [0, 0.1) is 17.8 Å². The maximum atomic E-state index is 14.0.